The molecule has 0 aromatic carbocycles. The van der Waals surface area contributed by atoms with E-state index in [1.54, 1.807) is 18.7 Å². The van der Waals surface area contributed by atoms with E-state index in [9.17, 15) is 0 Å². The van der Waals surface area contributed by atoms with E-state index in [-0.39, 0.29) is 24.8 Å². The Morgan fingerprint density at radius 2 is 1.04 bits per heavy atom. The zero-order valence-electron chi connectivity index (χ0n) is 15.4. The summed E-state index contributed by atoms with van der Waals surface area (Å²) in [6, 6.07) is 0. The van der Waals surface area contributed by atoms with Crippen molar-refractivity contribution in [2.24, 2.45) is 0 Å². The van der Waals surface area contributed by atoms with E-state index in [0.717, 1.165) is 0 Å². The molecule has 5 heteroatoms. The van der Waals surface area contributed by atoms with Crippen LogP contribution in [0.3, 0.4) is 0 Å². The third kappa shape index (κ3) is 4.34. The SMILES string of the molecule is C[Si](C)(C)C1=CC[C]([Hf+2]2([C]3=CC([Si](C)(C)C)=CC3)[CH2][CH2]2)=C1.[Cl-].[Cl-]. The Hall–Kier alpha value is 0.844. The van der Waals surface area contributed by atoms with Gasteiger partial charge < -0.3 is 24.8 Å². The molecule has 0 radical (unpaired) electrons. The van der Waals surface area contributed by atoms with Crippen LogP contribution in [-0.4, -0.2) is 16.1 Å². The van der Waals surface area contributed by atoms with Gasteiger partial charge in [-0.2, -0.15) is 0 Å². The number of hydrogen-bond donors (Lipinski definition) is 0. The third-order valence-corrected chi connectivity index (χ3v) is 26.3. The van der Waals surface area contributed by atoms with Gasteiger partial charge in [-0.1, -0.05) is 0 Å². The minimum atomic E-state index is -2.15. The molecule has 0 saturated carbocycles. The topological polar surface area (TPSA) is 0 Å². The zero-order chi connectivity index (χ0) is 15.5. The molecular formula is C18H30Cl2HfSi2. The van der Waals surface area contributed by atoms with Gasteiger partial charge in [0.05, 0.1) is 0 Å². The van der Waals surface area contributed by atoms with Crippen LogP contribution in [0.2, 0.25) is 47.6 Å². The maximum absolute atomic E-state index is 2.69. The molecule has 128 valence electrons. The fourth-order valence-electron chi connectivity index (χ4n) is 3.74. The molecule has 0 spiro atoms. The molecule has 1 heterocycles. The molecule has 1 aliphatic heterocycles. The van der Waals surface area contributed by atoms with Crippen LogP contribution < -0.4 is 24.8 Å². The van der Waals surface area contributed by atoms with Gasteiger partial charge in [-0.25, -0.2) is 0 Å². The quantitative estimate of drug-likeness (QED) is 0.438. The van der Waals surface area contributed by atoms with Gasteiger partial charge in [0.2, 0.25) is 0 Å². The Bertz CT molecular complexity index is 547. The average Bonchev–Trinajstić information content (AvgIpc) is 2.82. The first-order valence-corrected chi connectivity index (χ1v) is 24.1. The Morgan fingerprint density at radius 3 is 1.26 bits per heavy atom. The Morgan fingerprint density at radius 1 is 0.696 bits per heavy atom. The minimum absolute atomic E-state index is 0. The zero-order valence-corrected chi connectivity index (χ0v) is 22.5. The van der Waals surface area contributed by atoms with Crippen LogP contribution in [0.4, 0.5) is 0 Å². The molecular weight excluding hydrogens is 522 g/mol. The summed E-state index contributed by atoms with van der Waals surface area (Å²) in [4.78, 5) is 0. The third-order valence-electron chi connectivity index (χ3n) is 5.45. The number of halogens is 2. The maximum Gasteiger partial charge on any atom is -1.00 e. The van der Waals surface area contributed by atoms with E-state index < -0.39 is 36.1 Å². The molecule has 23 heavy (non-hydrogen) atoms. The molecule has 0 unspecified atom stereocenters. The van der Waals surface area contributed by atoms with Gasteiger partial charge in [0, 0.05) is 0 Å². The first-order chi connectivity index (χ1) is 9.63. The summed E-state index contributed by atoms with van der Waals surface area (Å²) in [6.07, 6.45) is 13.2. The minimum Gasteiger partial charge on any atom is -1.00 e. The van der Waals surface area contributed by atoms with E-state index >= 15 is 0 Å². The standard InChI is InChI=1S/2C8H13Si.C2H4.2ClH.Hf/c2*1-9(2,3)8-6-4-5-7-8;1-2;;;/h2*6-7H,4H2,1-3H3;1-2H2;2*1H;/q;;;;;+2/p-2. The molecule has 0 atom stereocenters. The molecule has 1 fully saturated rings. The molecule has 0 aromatic rings. The fraction of sp³-hybridized carbons (Fsp3) is 0.556. The van der Waals surface area contributed by atoms with Gasteiger partial charge in [-0.3, -0.25) is 0 Å². The van der Waals surface area contributed by atoms with E-state index in [1.807, 2.05) is 6.66 Å². The van der Waals surface area contributed by atoms with E-state index in [4.69, 9.17) is 0 Å². The van der Waals surface area contributed by atoms with Gasteiger partial charge in [-0.05, 0) is 0 Å². The predicted molar refractivity (Wildman–Crippen MR) is 97.9 cm³/mol. The van der Waals surface area contributed by atoms with Crippen molar-refractivity contribution in [2.45, 2.75) is 60.5 Å². The molecule has 0 aromatic heterocycles. The summed E-state index contributed by atoms with van der Waals surface area (Å²) in [7, 11) is -2.21. The van der Waals surface area contributed by atoms with E-state index in [0.29, 0.717) is 0 Å². The Balaban J connectivity index is 0.00000132. The molecule has 1 saturated heterocycles. The second-order valence-electron chi connectivity index (χ2n) is 9.15. The second-order valence-corrected chi connectivity index (χ2v) is 35.3. The van der Waals surface area contributed by atoms with Crippen LogP contribution in [0, 0.1) is 0 Å². The van der Waals surface area contributed by atoms with Crippen molar-refractivity contribution >= 4 is 16.1 Å². The van der Waals surface area contributed by atoms with Crippen molar-refractivity contribution in [3.8, 4) is 0 Å². The first kappa shape index (κ1) is 21.9. The van der Waals surface area contributed by atoms with Gasteiger partial charge in [0.15, 0.2) is 0 Å². The van der Waals surface area contributed by atoms with Crippen molar-refractivity contribution in [3.05, 3.63) is 41.4 Å². The normalized spacial score (nSPS) is 21.0. The van der Waals surface area contributed by atoms with Crippen molar-refractivity contribution in [1.29, 1.82) is 0 Å². The summed E-state index contributed by atoms with van der Waals surface area (Å²) in [5.74, 6) is 0. The van der Waals surface area contributed by atoms with Gasteiger partial charge in [-0.15, -0.1) is 0 Å². The second kappa shape index (κ2) is 7.22. The smallest absolute Gasteiger partial charge is 1.00 e. The van der Waals surface area contributed by atoms with Crippen molar-refractivity contribution in [1.82, 2.24) is 0 Å². The molecule has 3 aliphatic rings. The molecule has 0 amide bonds. The Labute approximate surface area is 161 Å². The average molecular weight is 552 g/mol. The Kier molecular flexibility index (Phi) is 6.87. The van der Waals surface area contributed by atoms with Gasteiger partial charge in [0.1, 0.15) is 0 Å². The van der Waals surface area contributed by atoms with Crippen molar-refractivity contribution in [2.75, 3.05) is 0 Å². The molecule has 2 aliphatic carbocycles. The van der Waals surface area contributed by atoms with E-state index in [1.165, 1.54) is 12.8 Å². The van der Waals surface area contributed by atoms with Crippen LogP contribution in [0.1, 0.15) is 12.8 Å². The number of allylic oxidation sites excluding steroid dienone is 8. The number of rotatable bonds is 4. The molecule has 0 N–H and O–H groups in total. The van der Waals surface area contributed by atoms with Crippen LogP contribution in [0.5, 0.6) is 0 Å². The largest absolute Gasteiger partial charge is 1.00 e. The summed E-state index contributed by atoms with van der Waals surface area (Å²) in [5, 5.41) is 3.47. The van der Waals surface area contributed by atoms with Crippen LogP contribution >= 0.6 is 0 Å². The van der Waals surface area contributed by atoms with Crippen LogP contribution in [-0.2, 0) is 20.0 Å². The van der Waals surface area contributed by atoms with E-state index in [2.05, 4.69) is 63.6 Å². The van der Waals surface area contributed by atoms with Gasteiger partial charge >= 0.3 is 138 Å². The summed E-state index contributed by atoms with van der Waals surface area (Å²) in [5.41, 5.74) is 0. The summed E-state index contributed by atoms with van der Waals surface area (Å²) < 4.78 is 7.14. The van der Waals surface area contributed by atoms with Crippen LogP contribution in [0.25, 0.3) is 0 Å². The number of hydrogen-bond acceptors (Lipinski definition) is 0. The van der Waals surface area contributed by atoms with Gasteiger partial charge in [0.25, 0.3) is 0 Å². The fourth-order valence-corrected chi connectivity index (χ4v) is 28.4. The summed E-state index contributed by atoms with van der Waals surface area (Å²) >= 11 is -2.15. The molecule has 0 nitrogen and oxygen atoms in total. The maximum atomic E-state index is 2.69. The molecule has 0 bridgehead atoms. The van der Waals surface area contributed by atoms with Crippen LogP contribution in [0.15, 0.2) is 41.4 Å². The predicted octanol–water partition coefficient (Wildman–Crippen LogP) is 0.181. The monoisotopic (exact) mass is 552 g/mol. The first-order valence-electron chi connectivity index (χ1n) is 8.46. The van der Waals surface area contributed by atoms with Crippen molar-refractivity contribution in [3.63, 3.8) is 0 Å². The van der Waals surface area contributed by atoms with Crippen molar-refractivity contribution < 1.29 is 44.8 Å². The molecule has 3 rings (SSSR count). The summed E-state index contributed by atoms with van der Waals surface area (Å²) in [6.45, 7) is 15.0.